The van der Waals surface area contributed by atoms with E-state index in [1.54, 1.807) is 0 Å². The van der Waals surface area contributed by atoms with E-state index in [0.29, 0.717) is 6.04 Å². The van der Waals surface area contributed by atoms with Crippen molar-refractivity contribution in [1.29, 1.82) is 0 Å². The van der Waals surface area contributed by atoms with Gasteiger partial charge in [0.25, 0.3) is 0 Å². The number of likely N-dealkylation sites (tertiary alicyclic amines) is 1. The van der Waals surface area contributed by atoms with E-state index in [1.807, 2.05) is 0 Å². The number of nitrogens with zero attached hydrogens (tertiary/aromatic N) is 1. The molecule has 2 N–H and O–H groups in total. The predicted octanol–water partition coefficient (Wildman–Crippen LogP) is 3.32. The fourth-order valence-corrected chi connectivity index (χ4v) is 2.90. The van der Waals surface area contributed by atoms with Crippen LogP contribution in [0.5, 0.6) is 0 Å². The summed E-state index contributed by atoms with van der Waals surface area (Å²) in [5.74, 6) is 0. The van der Waals surface area contributed by atoms with Crippen molar-refractivity contribution >= 4 is 15.9 Å². The summed E-state index contributed by atoms with van der Waals surface area (Å²) in [5.41, 5.74) is 7.17. The molecule has 94 valence electrons. The van der Waals surface area contributed by atoms with Gasteiger partial charge in [0.2, 0.25) is 0 Å². The van der Waals surface area contributed by atoms with E-state index in [1.165, 1.54) is 37.9 Å². The van der Waals surface area contributed by atoms with Crippen molar-refractivity contribution in [2.45, 2.75) is 31.7 Å². The molecule has 0 bridgehead atoms. The lowest BCUT2D eigenvalue weighted by Gasteiger charge is -2.34. The molecule has 1 aliphatic rings. The van der Waals surface area contributed by atoms with Crippen molar-refractivity contribution in [2.75, 3.05) is 19.6 Å². The molecule has 1 atom stereocenters. The monoisotopic (exact) mass is 296 g/mol. The van der Waals surface area contributed by atoms with Gasteiger partial charge in [-0.25, -0.2) is 0 Å². The van der Waals surface area contributed by atoms with E-state index in [-0.39, 0.29) is 0 Å². The molecular weight excluding hydrogens is 276 g/mol. The first-order valence-electron chi connectivity index (χ1n) is 6.51. The smallest absolute Gasteiger partial charge is 0.0360 e. The van der Waals surface area contributed by atoms with Crippen LogP contribution in [0, 0.1) is 0 Å². The molecule has 1 heterocycles. The highest BCUT2D eigenvalue weighted by Crippen LogP contribution is 2.28. The Morgan fingerprint density at radius 2 is 1.76 bits per heavy atom. The summed E-state index contributed by atoms with van der Waals surface area (Å²) in [7, 11) is 0. The zero-order chi connectivity index (χ0) is 12.1. The van der Waals surface area contributed by atoms with Gasteiger partial charge in [-0.05, 0) is 56.6 Å². The van der Waals surface area contributed by atoms with E-state index in [9.17, 15) is 0 Å². The lowest BCUT2D eigenvalue weighted by atomic mass is 9.99. The zero-order valence-corrected chi connectivity index (χ0v) is 11.8. The molecular formula is C14H21BrN2. The van der Waals surface area contributed by atoms with Crippen LogP contribution in [0.2, 0.25) is 0 Å². The summed E-state index contributed by atoms with van der Waals surface area (Å²) in [5, 5.41) is 0. The molecule has 0 amide bonds. The van der Waals surface area contributed by atoms with Crippen molar-refractivity contribution in [3.8, 4) is 0 Å². The van der Waals surface area contributed by atoms with Gasteiger partial charge in [0.1, 0.15) is 0 Å². The standard InChI is InChI=1S/C14H21BrN2/c15-13-6-4-12(5-7-13)14(8-9-16)17-10-2-1-3-11-17/h4-7,14H,1-3,8-11,16H2. The largest absolute Gasteiger partial charge is 0.330 e. The summed E-state index contributed by atoms with van der Waals surface area (Å²) in [6.45, 7) is 3.21. The van der Waals surface area contributed by atoms with Crippen LogP contribution in [-0.4, -0.2) is 24.5 Å². The third-order valence-corrected chi connectivity index (χ3v) is 4.05. The molecule has 0 aliphatic carbocycles. The van der Waals surface area contributed by atoms with E-state index < -0.39 is 0 Å². The molecule has 1 unspecified atom stereocenters. The van der Waals surface area contributed by atoms with E-state index in [2.05, 4.69) is 45.1 Å². The molecule has 1 aliphatic heterocycles. The molecule has 0 radical (unpaired) electrons. The van der Waals surface area contributed by atoms with Crippen LogP contribution < -0.4 is 5.73 Å². The summed E-state index contributed by atoms with van der Waals surface area (Å²) in [6.07, 6.45) is 5.10. The highest BCUT2D eigenvalue weighted by atomic mass is 79.9. The second-order valence-corrected chi connectivity index (χ2v) is 5.66. The van der Waals surface area contributed by atoms with Gasteiger partial charge in [-0.3, -0.25) is 4.90 Å². The number of benzene rings is 1. The predicted molar refractivity (Wildman–Crippen MR) is 76.0 cm³/mol. The Morgan fingerprint density at radius 1 is 1.12 bits per heavy atom. The molecule has 0 spiro atoms. The van der Waals surface area contributed by atoms with Crippen LogP contribution in [0.15, 0.2) is 28.7 Å². The van der Waals surface area contributed by atoms with Gasteiger partial charge in [0, 0.05) is 10.5 Å². The first-order valence-corrected chi connectivity index (χ1v) is 7.30. The van der Waals surface area contributed by atoms with E-state index in [4.69, 9.17) is 5.73 Å². The lowest BCUT2D eigenvalue weighted by Crippen LogP contribution is -2.34. The normalized spacial score (nSPS) is 19.2. The maximum atomic E-state index is 5.77. The number of nitrogens with two attached hydrogens (primary N) is 1. The molecule has 2 nitrogen and oxygen atoms in total. The summed E-state index contributed by atoms with van der Waals surface area (Å²) in [4.78, 5) is 2.60. The minimum atomic E-state index is 0.508. The van der Waals surface area contributed by atoms with Crippen molar-refractivity contribution in [2.24, 2.45) is 5.73 Å². The summed E-state index contributed by atoms with van der Waals surface area (Å²) >= 11 is 3.49. The first kappa shape index (κ1) is 13.1. The third kappa shape index (κ3) is 3.54. The molecule has 2 rings (SSSR count). The van der Waals surface area contributed by atoms with Gasteiger partial charge in [-0.2, -0.15) is 0 Å². The Kier molecular flexibility index (Phi) is 5.01. The Balaban J connectivity index is 2.12. The highest BCUT2D eigenvalue weighted by molar-refractivity contribution is 9.10. The van der Waals surface area contributed by atoms with Gasteiger partial charge in [-0.15, -0.1) is 0 Å². The van der Waals surface area contributed by atoms with Gasteiger partial charge in [0.15, 0.2) is 0 Å². The molecule has 1 saturated heterocycles. The average molecular weight is 297 g/mol. The Bertz CT molecular complexity index is 331. The van der Waals surface area contributed by atoms with Crippen molar-refractivity contribution < 1.29 is 0 Å². The fraction of sp³-hybridized carbons (Fsp3) is 0.571. The van der Waals surface area contributed by atoms with Gasteiger partial charge >= 0.3 is 0 Å². The molecule has 3 heteroatoms. The minimum absolute atomic E-state index is 0.508. The van der Waals surface area contributed by atoms with Crippen molar-refractivity contribution in [3.63, 3.8) is 0 Å². The van der Waals surface area contributed by atoms with Crippen molar-refractivity contribution in [1.82, 2.24) is 4.90 Å². The Morgan fingerprint density at radius 3 is 2.35 bits per heavy atom. The number of hydrogen-bond acceptors (Lipinski definition) is 2. The topological polar surface area (TPSA) is 29.3 Å². The average Bonchev–Trinajstić information content (AvgIpc) is 2.38. The molecule has 0 saturated carbocycles. The van der Waals surface area contributed by atoms with Crippen LogP contribution >= 0.6 is 15.9 Å². The number of rotatable bonds is 4. The van der Waals surface area contributed by atoms with Gasteiger partial charge < -0.3 is 5.73 Å². The minimum Gasteiger partial charge on any atom is -0.330 e. The van der Waals surface area contributed by atoms with Crippen molar-refractivity contribution in [3.05, 3.63) is 34.3 Å². The molecule has 0 aromatic heterocycles. The number of piperidine rings is 1. The van der Waals surface area contributed by atoms with Crippen LogP contribution in [0.25, 0.3) is 0 Å². The molecule has 1 aromatic carbocycles. The SMILES string of the molecule is NCCC(c1ccc(Br)cc1)N1CCCCC1. The first-order chi connectivity index (χ1) is 8.31. The van der Waals surface area contributed by atoms with Gasteiger partial charge in [-0.1, -0.05) is 34.5 Å². The summed E-state index contributed by atoms with van der Waals surface area (Å²) in [6, 6.07) is 9.21. The quantitative estimate of drug-likeness (QED) is 0.923. The van der Waals surface area contributed by atoms with Crippen LogP contribution in [0.3, 0.4) is 0 Å². The van der Waals surface area contributed by atoms with Crippen LogP contribution in [0.1, 0.15) is 37.3 Å². The van der Waals surface area contributed by atoms with Crippen LogP contribution in [0.4, 0.5) is 0 Å². The second kappa shape index (κ2) is 6.53. The number of hydrogen-bond donors (Lipinski definition) is 1. The third-order valence-electron chi connectivity index (χ3n) is 3.53. The zero-order valence-electron chi connectivity index (χ0n) is 10.2. The number of halogens is 1. The van der Waals surface area contributed by atoms with E-state index in [0.717, 1.165) is 17.4 Å². The Labute approximate surface area is 112 Å². The van der Waals surface area contributed by atoms with E-state index >= 15 is 0 Å². The maximum absolute atomic E-state index is 5.77. The molecule has 17 heavy (non-hydrogen) atoms. The maximum Gasteiger partial charge on any atom is 0.0360 e. The van der Waals surface area contributed by atoms with Gasteiger partial charge in [0.05, 0.1) is 0 Å². The second-order valence-electron chi connectivity index (χ2n) is 4.74. The molecule has 1 aromatic rings. The lowest BCUT2D eigenvalue weighted by molar-refractivity contribution is 0.157. The van der Waals surface area contributed by atoms with Crippen LogP contribution in [-0.2, 0) is 0 Å². The summed E-state index contributed by atoms with van der Waals surface area (Å²) < 4.78 is 1.14. The highest BCUT2D eigenvalue weighted by Gasteiger charge is 2.21. The fourth-order valence-electron chi connectivity index (χ4n) is 2.63. The molecule has 1 fully saturated rings. The Hall–Kier alpha value is -0.380.